The van der Waals surface area contributed by atoms with Crippen molar-refractivity contribution in [1.82, 2.24) is 0 Å². The zero-order chi connectivity index (χ0) is 16.7. The molecule has 0 saturated heterocycles. The maximum atomic E-state index is 12.5. The molecule has 0 amide bonds. The summed E-state index contributed by atoms with van der Waals surface area (Å²) in [5.74, 6) is 0.0133. The minimum atomic E-state index is 0.0133. The van der Waals surface area contributed by atoms with Crippen LogP contribution in [0.3, 0.4) is 0 Å². The number of thioether (sulfide) groups is 2. The van der Waals surface area contributed by atoms with E-state index in [9.17, 15) is 4.79 Å². The van der Waals surface area contributed by atoms with Crippen molar-refractivity contribution in [2.24, 2.45) is 0 Å². The predicted octanol–water partition coefficient (Wildman–Crippen LogP) is 4.72. The van der Waals surface area contributed by atoms with Crippen molar-refractivity contribution in [2.45, 2.75) is 9.79 Å². The number of allylic oxidation sites excluding steroid dienone is 2. The third-order valence-electron chi connectivity index (χ3n) is 4.07. The fourth-order valence-electron chi connectivity index (χ4n) is 2.78. The summed E-state index contributed by atoms with van der Waals surface area (Å²) in [6.07, 6.45) is 3.43. The first-order valence-electron chi connectivity index (χ1n) is 7.62. The highest BCUT2D eigenvalue weighted by atomic mass is 32.2. The molecule has 2 aromatic rings. The van der Waals surface area contributed by atoms with Gasteiger partial charge >= 0.3 is 0 Å². The van der Waals surface area contributed by atoms with Crippen molar-refractivity contribution in [1.29, 1.82) is 0 Å². The molecular weight excluding hydrogens is 336 g/mol. The number of carbonyl (C=O) groups is 1. The van der Waals surface area contributed by atoms with Gasteiger partial charge in [0.15, 0.2) is 5.78 Å². The highest BCUT2D eigenvalue weighted by Gasteiger charge is 2.24. The summed E-state index contributed by atoms with van der Waals surface area (Å²) >= 11 is 3.27. The van der Waals surface area contributed by atoms with Crippen molar-refractivity contribution in [2.75, 3.05) is 23.9 Å². The van der Waals surface area contributed by atoms with Gasteiger partial charge in [-0.2, -0.15) is 0 Å². The zero-order valence-electron chi connectivity index (χ0n) is 13.4. The second kappa shape index (κ2) is 6.07. The summed E-state index contributed by atoms with van der Waals surface area (Å²) in [7, 11) is 3.99. The Morgan fingerprint density at radius 2 is 1.21 bits per heavy atom. The highest BCUT2D eigenvalue weighted by molar-refractivity contribution is 8.04. The van der Waals surface area contributed by atoms with Crippen LogP contribution in [0, 0.1) is 0 Å². The number of hydrogen-bond acceptors (Lipinski definition) is 5. The maximum Gasteiger partial charge on any atom is 0.183 e. The lowest BCUT2D eigenvalue weighted by Gasteiger charge is -2.14. The first-order chi connectivity index (χ1) is 11.6. The molecule has 0 unspecified atom stereocenters. The molecule has 120 valence electrons. The molecular formula is C19H16N2OS2. The summed E-state index contributed by atoms with van der Waals surface area (Å²) < 4.78 is 0. The Kier molecular flexibility index (Phi) is 3.90. The van der Waals surface area contributed by atoms with Crippen molar-refractivity contribution < 1.29 is 4.79 Å². The van der Waals surface area contributed by atoms with Gasteiger partial charge in [0.05, 0.1) is 21.4 Å². The van der Waals surface area contributed by atoms with E-state index in [0.717, 1.165) is 21.4 Å². The molecule has 0 atom stereocenters. The van der Waals surface area contributed by atoms with Gasteiger partial charge in [-0.05, 0) is 24.3 Å². The Morgan fingerprint density at radius 3 is 1.62 bits per heavy atom. The van der Waals surface area contributed by atoms with Gasteiger partial charge in [-0.25, -0.2) is 0 Å². The summed E-state index contributed by atoms with van der Waals surface area (Å²) in [6, 6.07) is 16.4. The van der Waals surface area contributed by atoms with Crippen LogP contribution in [0.25, 0.3) is 0 Å². The van der Waals surface area contributed by atoms with Gasteiger partial charge in [-0.3, -0.25) is 4.79 Å². The summed E-state index contributed by atoms with van der Waals surface area (Å²) in [5, 5.41) is 1.92. The normalized spacial score (nSPS) is 19.1. The Balaban J connectivity index is 1.56. The maximum absolute atomic E-state index is 12.5. The smallest absolute Gasteiger partial charge is 0.183 e. The Morgan fingerprint density at radius 1 is 0.792 bits per heavy atom. The van der Waals surface area contributed by atoms with E-state index in [0.29, 0.717) is 0 Å². The van der Waals surface area contributed by atoms with Crippen LogP contribution in [0.15, 0.2) is 80.5 Å². The monoisotopic (exact) mass is 352 g/mol. The molecule has 5 heteroatoms. The fourth-order valence-corrected chi connectivity index (χ4v) is 4.96. The molecule has 2 aliphatic rings. The Labute approximate surface area is 150 Å². The summed E-state index contributed by atoms with van der Waals surface area (Å²) in [6.45, 7) is 0. The number of benzene rings is 2. The molecule has 0 aliphatic carbocycles. The predicted molar refractivity (Wildman–Crippen MR) is 103 cm³/mol. The average molecular weight is 352 g/mol. The van der Waals surface area contributed by atoms with Crippen LogP contribution in [-0.2, 0) is 4.79 Å². The number of anilines is 2. The van der Waals surface area contributed by atoms with E-state index < -0.39 is 0 Å². The first-order valence-corrected chi connectivity index (χ1v) is 9.25. The van der Waals surface area contributed by atoms with Gasteiger partial charge in [0.1, 0.15) is 0 Å². The molecule has 0 radical (unpaired) electrons. The van der Waals surface area contributed by atoms with Gasteiger partial charge in [-0.1, -0.05) is 47.8 Å². The molecule has 0 N–H and O–H groups in total. The number of ketones is 1. The molecule has 3 nitrogen and oxygen atoms in total. The minimum Gasteiger partial charge on any atom is -0.338 e. The van der Waals surface area contributed by atoms with Crippen LogP contribution in [0.1, 0.15) is 0 Å². The van der Waals surface area contributed by atoms with Crippen molar-refractivity contribution in [3.63, 3.8) is 0 Å². The van der Waals surface area contributed by atoms with Gasteiger partial charge < -0.3 is 9.80 Å². The zero-order valence-corrected chi connectivity index (χ0v) is 15.0. The lowest BCUT2D eigenvalue weighted by molar-refractivity contribution is -0.110. The topological polar surface area (TPSA) is 23.6 Å². The van der Waals surface area contributed by atoms with Crippen LogP contribution in [0.5, 0.6) is 0 Å². The molecule has 0 aromatic heterocycles. The molecule has 0 saturated carbocycles. The SMILES string of the molecule is CN1/C(=C/C(=O)/C=C2\Sc3ccccc3N2C)Sc2ccccc21. The Bertz CT molecular complexity index is 817. The molecule has 2 aliphatic heterocycles. The molecule has 2 heterocycles. The summed E-state index contributed by atoms with van der Waals surface area (Å²) in [4.78, 5) is 19.0. The van der Waals surface area contributed by atoms with Crippen LogP contribution in [-0.4, -0.2) is 19.9 Å². The molecule has 0 spiro atoms. The lowest BCUT2D eigenvalue weighted by atomic mass is 10.3. The van der Waals surface area contributed by atoms with E-state index in [-0.39, 0.29) is 5.78 Å². The number of carbonyl (C=O) groups excluding carboxylic acids is 1. The number of fused-ring (bicyclic) bond motifs is 2. The molecule has 2 aromatic carbocycles. The summed E-state index contributed by atoms with van der Waals surface area (Å²) in [5.41, 5.74) is 2.29. The van der Waals surface area contributed by atoms with Gasteiger partial charge in [0.2, 0.25) is 0 Å². The van der Waals surface area contributed by atoms with E-state index in [1.54, 1.807) is 35.7 Å². The van der Waals surface area contributed by atoms with Crippen molar-refractivity contribution in [3.8, 4) is 0 Å². The molecule has 0 fully saturated rings. The van der Waals surface area contributed by atoms with Crippen molar-refractivity contribution in [3.05, 3.63) is 70.7 Å². The van der Waals surface area contributed by atoms with Gasteiger partial charge in [-0.15, -0.1) is 0 Å². The van der Waals surface area contributed by atoms with Crippen LogP contribution in [0.2, 0.25) is 0 Å². The second-order valence-electron chi connectivity index (χ2n) is 5.63. The first kappa shape index (κ1) is 15.4. The highest BCUT2D eigenvalue weighted by Crippen LogP contribution is 2.46. The Hall–Kier alpha value is -2.11. The largest absolute Gasteiger partial charge is 0.338 e. The van der Waals surface area contributed by atoms with Crippen LogP contribution >= 0.6 is 23.5 Å². The van der Waals surface area contributed by atoms with E-state index in [1.165, 1.54) is 9.79 Å². The molecule has 24 heavy (non-hydrogen) atoms. The quantitative estimate of drug-likeness (QED) is 0.728. The molecule has 4 rings (SSSR count). The lowest BCUT2D eigenvalue weighted by Crippen LogP contribution is -2.12. The minimum absolute atomic E-state index is 0.0133. The van der Waals surface area contributed by atoms with E-state index in [4.69, 9.17) is 0 Å². The number of hydrogen-bond donors (Lipinski definition) is 0. The second-order valence-corrected chi connectivity index (χ2v) is 7.75. The van der Waals surface area contributed by atoms with Crippen molar-refractivity contribution >= 4 is 40.7 Å². The third-order valence-corrected chi connectivity index (χ3v) is 6.41. The van der Waals surface area contributed by atoms with E-state index in [1.807, 2.05) is 38.4 Å². The van der Waals surface area contributed by atoms with Gasteiger partial charge in [0, 0.05) is 36.0 Å². The number of rotatable bonds is 2. The van der Waals surface area contributed by atoms with E-state index >= 15 is 0 Å². The van der Waals surface area contributed by atoms with Crippen LogP contribution < -0.4 is 9.80 Å². The standard InChI is InChI=1S/C19H16N2OS2/c1-20-14-7-3-5-9-16(14)23-18(20)11-13(22)12-19-21(2)15-8-4-6-10-17(15)24-19/h3-12H,1-2H3/b18-11-,19-12-. The van der Waals surface area contributed by atoms with E-state index in [2.05, 4.69) is 34.1 Å². The average Bonchev–Trinajstić information content (AvgIpc) is 3.06. The number of nitrogens with zero attached hydrogens (tertiary/aromatic N) is 2. The van der Waals surface area contributed by atoms with Crippen LogP contribution in [0.4, 0.5) is 11.4 Å². The van der Waals surface area contributed by atoms with Gasteiger partial charge in [0.25, 0.3) is 0 Å². The number of para-hydroxylation sites is 2. The fraction of sp³-hybridized carbons (Fsp3) is 0.105. The molecule has 0 bridgehead atoms. The third kappa shape index (κ3) is 2.64.